The van der Waals surface area contributed by atoms with E-state index in [2.05, 4.69) is 17.2 Å². The van der Waals surface area contributed by atoms with Crippen molar-refractivity contribution in [3.63, 3.8) is 0 Å². The maximum atomic E-state index is 13.3. The summed E-state index contributed by atoms with van der Waals surface area (Å²) in [6, 6.07) is 7.24. The molecule has 2 saturated heterocycles. The van der Waals surface area contributed by atoms with Crippen LogP contribution in [0.1, 0.15) is 54.2 Å². The van der Waals surface area contributed by atoms with Crippen LogP contribution in [0.25, 0.3) is 0 Å². The second-order valence-electron chi connectivity index (χ2n) is 9.73. The van der Waals surface area contributed by atoms with Crippen LogP contribution in [0.15, 0.2) is 35.4 Å². The van der Waals surface area contributed by atoms with Crippen molar-refractivity contribution in [3.05, 3.63) is 47.3 Å². The number of likely N-dealkylation sites (tertiary alicyclic amines) is 1. The van der Waals surface area contributed by atoms with Crippen molar-refractivity contribution in [1.82, 2.24) is 14.2 Å². The molecule has 2 aliphatic heterocycles. The van der Waals surface area contributed by atoms with Gasteiger partial charge < -0.3 is 15.2 Å². The molecule has 0 saturated carbocycles. The average Bonchev–Trinajstić information content (AvgIpc) is 3.32. The molecule has 0 aliphatic carbocycles. The Labute approximate surface area is 201 Å². The third kappa shape index (κ3) is 5.20. The summed E-state index contributed by atoms with van der Waals surface area (Å²) in [5, 5.41) is 2.96. The van der Waals surface area contributed by atoms with E-state index in [1.54, 1.807) is 4.90 Å². The van der Waals surface area contributed by atoms with Crippen LogP contribution >= 0.6 is 0 Å². The fourth-order valence-electron chi connectivity index (χ4n) is 4.74. The Morgan fingerprint density at radius 3 is 2.50 bits per heavy atom. The number of sulfonamides is 1. The van der Waals surface area contributed by atoms with E-state index in [4.69, 9.17) is 0 Å². The highest BCUT2D eigenvalue weighted by molar-refractivity contribution is 7.89. The quantitative estimate of drug-likeness (QED) is 0.675. The summed E-state index contributed by atoms with van der Waals surface area (Å²) in [6.07, 6.45) is 4.53. The second-order valence-corrected chi connectivity index (χ2v) is 11.7. The summed E-state index contributed by atoms with van der Waals surface area (Å²) in [5.41, 5.74) is 3.12. The summed E-state index contributed by atoms with van der Waals surface area (Å²) in [5.74, 6) is -0.170. The Balaban J connectivity index is 1.43. The van der Waals surface area contributed by atoms with Crippen LogP contribution in [0.2, 0.25) is 0 Å². The van der Waals surface area contributed by atoms with Crippen molar-refractivity contribution in [3.8, 4) is 0 Å². The van der Waals surface area contributed by atoms with Gasteiger partial charge in [-0.1, -0.05) is 24.6 Å². The number of rotatable bonds is 5. The minimum Gasteiger partial charge on any atom is -0.356 e. The monoisotopic (exact) mass is 486 g/mol. The lowest BCUT2D eigenvalue weighted by Gasteiger charge is -2.31. The number of aromatic nitrogens is 1. The fourth-order valence-corrected chi connectivity index (χ4v) is 6.26. The maximum Gasteiger partial charge on any atom is 0.270 e. The van der Waals surface area contributed by atoms with Gasteiger partial charge >= 0.3 is 0 Å². The molecule has 0 unspecified atom stereocenters. The Morgan fingerprint density at radius 1 is 1.06 bits per heavy atom. The van der Waals surface area contributed by atoms with Crippen molar-refractivity contribution in [1.29, 1.82) is 0 Å². The van der Waals surface area contributed by atoms with Crippen molar-refractivity contribution >= 4 is 27.5 Å². The molecule has 8 nitrogen and oxygen atoms in total. The third-order valence-electron chi connectivity index (χ3n) is 6.99. The van der Waals surface area contributed by atoms with E-state index in [0.29, 0.717) is 38.4 Å². The molecule has 1 atom stereocenters. The summed E-state index contributed by atoms with van der Waals surface area (Å²) in [4.78, 5) is 30.4. The smallest absolute Gasteiger partial charge is 0.270 e. The molecule has 0 radical (unpaired) electrons. The topological polar surface area (TPSA) is 103 Å². The van der Waals surface area contributed by atoms with Gasteiger partial charge in [-0.2, -0.15) is 4.31 Å². The van der Waals surface area contributed by atoms with E-state index in [9.17, 15) is 18.0 Å². The zero-order valence-corrected chi connectivity index (χ0v) is 21.0. The number of aryl methyl sites for hydroxylation is 2. The standard InChI is InChI=1S/C25H34N4O4S/c1-17-8-11-28(12-9-17)25(31)23-14-21(15-26-23)34(32,33)29-10-4-5-20(16-29)24(30)27-22-7-6-18(2)13-19(22)3/h6-7,13-15,17,20,26H,4-5,8-12,16H2,1-3H3,(H,27,30)/t20-/m1/s1. The van der Waals surface area contributed by atoms with Crippen molar-refractivity contribution in [2.45, 2.75) is 51.3 Å². The van der Waals surface area contributed by atoms with E-state index < -0.39 is 15.9 Å². The Morgan fingerprint density at radius 2 is 1.79 bits per heavy atom. The van der Waals surface area contributed by atoms with Crippen molar-refractivity contribution in [2.75, 3.05) is 31.5 Å². The average molecular weight is 487 g/mol. The van der Waals surface area contributed by atoms with Crippen LogP contribution in [0.4, 0.5) is 5.69 Å². The third-order valence-corrected chi connectivity index (χ3v) is 8.83. The molecule has 34 heavy (non-hydrogen) atoms. The Hall–Kier alpha value is -2.65. The predicted molar refractivity (Wildman–Crippen MR) is 131 cm³/mol. The van der Waals surface area contributed by atoms with Crippen LogP contribution in [0, 0.1) is 25.7 Å². The molecular formula is C25H34N4O4S. The van der Waals surface area contributed by atoms with Gasteiger partial charge in [0.25, 0.3) is 5.91 Å². The lowest BCUT2D eigenvalue weighted by Crippen LogP contribution is -2.43. The van der Waals surface area contributed by atoms with Gasteiger partial charge in [-0.25, -0.2) is 8.42 Å². The van der Waals surface area contributed by atoms with Gasteiger partial charge in [0.2, 0.25) is 15.9 Å². The number of anilines is 1. The zero-order valence-electron chi connectivity index (χ0n) is 20.1. The van der Waals surface area contributed by atoms with Crippen LogP contribution in [-0.4, -0.2) is 60.6 Å². The summed E-state index contributed by atoms with van der Waals surface area (Å²) < 4.78 is 28.0. The molecule has 1 aromatic carbocycles. The number of nitrogens with one attached hydrogen (secondary N) is 2. The molecule has 0 spiro atoms. The highest BCUT2D eigenvalue weighted by Gasteiger charge is 2.34. The van der Waals surface area contributed by atoms with E-state index in [1.807, 2.05) is 32.0 Å². The molecule has 2 aliphatic rings. The number of aromatic amines is 1. The van der Waals surface area contributed by atoms with Crippen LogP contribution < -0.4 is 5.32 Å². The highest BCUT2D eigenvalue weighted by Crippen LogP contribution is 2.27. The van der Waals surface area contributed by atoms with Crippen molar-refractivity contribution in [2.24, 2.45) is 11.8 Å². The first-order valence-corrected chi connectivity index (χ1v) is 13.4. The summed E-state index contributed by atoms with van der Waals surface area (Å²) in [7, 11) is -3.82. The number of nitrogens with zero attached hydrogens (tertiary/aromatic N) is 2. The van der Waals surface area contributed by atoms with Crippen LogP contribution in [0.3, 0.4) is 0 Å². The largest absolute Gasteiger partial charge is 0.356 e. The summed E-state index contributed by atoms with van der Waals surface area (Å²) in [6.45, 7) is 7.96. The first-order valence-electron chi connectivity index (χ1n) is 12.0. The molecule has 2 N–H and O–H groups in total. The maximum absolute atomic E-state index is 13.3. The molecule has 1 aromatic heterocycles. The van der Waals surface area contributed by atoms with Gasteiger partial charge in [0.15, 0.2) is 0 Å². The molecule has 2 aromatic rings. The number of H-pyrrole nitrogens is 1. The number of carbonyl (C=O) groups excluding carboxylic acids is 2. The number of piperidine rings is 2. The number of benzene rings is 1. The molecule has 4 rings (SSSR count). The first-order chi connectivity index (χ1) is 16.1. The molecule has 2 fully saturated rings. The fraction of sp³-hybridized carbons (Fsp3) is 0.520. The van der Waals surface area contributed by atoms with Gasteiger partial charge in [-0.15, -0.1) is 0 Å². The summed E-state index contributed by atoms with van der Waals surface area (Å²) >= 11 is 0. The molecular weight excluding hydrogens is 452 g/mol. The first kappa shape index (κ1) is 24.5. The minimum atomic E-state index is -3.82. The molecule has 184 valence electrons. The van der Waals surface area contributed by atoms with Crippen molar-refractivity contribution < 1.29 is 18.0 Å². The van der Waals surface area contributed by atoms with Crippen LogP contribution in [-0.2, 0) is 14.8 Å². The highest BCUT2D eigenvalue weighted by atomic mass is 32.2. The van der Waals surface area contributed by atoms with E-state index in [-0.39, 0.29) is 28.9 Å². The number of hydrogen-bond acceptors (Lipinski definition) is 4. The van der Waals surface area contributed by atoms with E-state index in [0.717, 1.165) is 29.7 Å². The Bertz CT molecular complexity index is 1170. The number of amides is 2. The van der Waals surface area contributed by atoms with Gasteiger partial charge in [-0.05, 0) is 63.1 Å². The minimum absolute atomic E-state index is 0.0664. The lowest BCUT2D eigenvalue weighted by molar-refractivity contribution is -0.120. The SMILES string of the molecule is Cc1ccc(NC(=O)[C@@H]2CCCN(S(=O)(=O)c3c[nH]c(C(=O)N4CCC(C)CC4)c3)C2)c(C)c1. The van der Waals surface area contributed by atoms with Crippen LogP contribution in [0.5, 0.6) is 0 Å². The normalized spacial score (nSPS) is 20.3. The Kier molecular flexibility index (Phi) is 7.14. The molecule has 3 heterocycles. The van der Waals surface area contributed by atoms with Gasteiger partial charge in [0.1, 0.15) is 10.6 Å². The number of hydrogen-bond donors (Lipinski definition) is 2. The zero-order chi connectivity index (χ0) is 24.5. The van der Waals surface area contributed by atoms with Gasteiger partial charge in [0.05, 0.1) is 5.92 Å². The molecule has 0 bridgehead atoms. The molecule has 2 amide bonds. The lowest BCUT2D eigenvalue weighted by atomic mass is 9.98. The number of carbonyl (C=O) groups is 2. The van der Waals surface area contributed by atoms with E-state index in [1.165, 1.54) is 16.6 Å². The van der Waals surface area contributed by atoms with Gasteiger partial charge in [-0.3, -0.25) is 9.59 Å². The molecule has 9 heteroatoms. The van der Waals surface area contributed by atoms with Gasteiger partial charge in [0, 0.05) is 38.1 Å². The second kappa shape index (κ2) is 9.92. The van der Waals surface area contributed by atoms with E-state index >= 15 is 0 Å². The predicted octanol–water partition coefficient (Wildman–Crippen LogP) is 3.54.